The molecule has 0 unspecified atom stereocenters. The number of methoxy groups -OCH3 is 2. The van der Waals surface area contributed by atoms with Crippen LogP contribution in [0.1, 0.15) is 0 Å². The van der Waals surface area contributed by atoms with Crippen molar-refractivity contribution in [2.24, 2.45) is 0 Å². The largest absolute Gasteiger partial charge is 0.497 e. The molecular weight excluding hydrogens is 272 g/mol. The summed E-state index contributed by atoms with van der Waals surface area (Å²) in [6, 6.07) is 13.8. The van der Waals surface area contributed by atoms with Crippen LogP contribution in [0.3, 0.4) is 0 Å². The summed E-state index contributed by atoms with van der Waals surface area (Å²) >= 11 is 1.53. The fourth-order valence-corrected chi connectivity index (χ4v) is 2.36. The predicted octanol–water partition coefficient (Wildman–Crippen LogP) is 3.86. The summed E-state index contributed by atoms with van der Waals surface area (Å²) in [5.74, 6) is 1.57. The van der Waals surface area contributed by atoms with Gasteiger partial charge < -0.3 is 19.5 Å². The maximum Gasteiger partial charge on any atom is 0.143 e. The molecule has 0 heterocycles. The van der Waals surface area contributed by atoms with Gasteiger partial charge in [-0.2, -0.15) is 0 Å². The second-order valence-electron chi connectivity index (χ2n) is 4.04. The minimum Gasteiger partial charge on any atom is -0.497 e. The van der Waals surface area contributed by atoms with Crippen LogP contribution in [0.25, 0.3) is 0 Å². The molecule has 0 fully saturated rings. The van der Waals surface area contributed by atoms with Gasteiger partial charge in [0.1, 0.15) is 11.5 Å². The van der Waals surface area contributed by atoms with E-state index in [2.05, 4.69) is 22.2 Å². The Morgan fingerprint density at radius 1 is 0.950 bits per heavy atom. The van der Waals surface area contributed by atoms with Crippen molar-refractivity contribution in [3.63, 3.8) is 0 Å². The Bertz CT molecular complexity index is 558. The minimum atomic E-state index is 0.783. The number of nitrogens with one attached hydrogen (secondary N) is 2. The number of hydrogen-bond donors (Lipinski definition) is 2. The Morgan fingerprint density at radius 3 is 2.30 bits per heavy atom. The molecule has 106 valence electrons. The summed E-state index contributed by atoms with van der Waals surface area (Å²) in [4.78, 5) is 1.12. The fourth-order valence-electron chi connectivity index (χ4n) is 1.70. The summed E-state index contributed by atoms with van der Waals surface area (Å²) in [5, 5.41) is 3.10. The fraction of sp³-hybridized carbons (Fsp3) is 0.200. The standard InChI is InChI=1S/C15H18N2O2S/c1-16-11-4-7-13(8-5-11)20-17-14-10-12(18-2)6-9-15(14)19-3/h4-10,16-17H,1-3H3. The van der Waals surface area contributed by atoms with Crippen LogP contribution in [0.2, 0.25) is 0 Å². The van der Waals surface area contributed by atoms with Gasteiger partial charge in [-0.3, -0.25) is 0 Å². The van der Waals surface area contributed by atoms with E-state index in [1.807, 2.05) is 37.4 Å². The zero-order valence-corrected chi connectivity index (χ0v) is 12.6. The molecule has 0 bridgehead atoms. The number of hydrogen-bond acceptors (Lipinski definition) is 5. The van der Waals surface area contributed by atoms with Crippen LogP contribution in [-0.4, -0.2) is 21.3 Å². The monoisotopic (exact) mass is 290 g/mol. The Labute approximate surface area is 123 Å². The van der Waals surface area contributed by atoms with Gasteiger partial charge in [-0.15, -0.1) is 0 Å². The SMILES string of the molecule is CNc1ccc(SNc2cc(OC)ccc2OC)cc1. The van der Waals surface area contributed by atoms with Crippen molar-refractivity contribution in [3.8, 4) is 11.5 Å². The van der Waals surface area contributed by atoms with E-state index in [0.29, 0.717) is 0 Å². The van der Waals surface area contributed by atoms with Gasteiger partial charge in [0, 0.05) is 23.7 Å². The molecule has 0 radical (unpaired) electrons. The molecule has 0 aliphatic rings. The second kappa shape index (κ2) is 6.96. The van der Waals surface area contributed by atoms with Crippen molar-refractivity contribution in [1.82, 2.24) is 0 Å². The lowest BCUT2D eigenvalue weighted by molar-refractivity contribution is 0.405. The topological polar surface area (TPSA) is 42.5 Å². The van der Waals surface area contributed by atoms with Crippen LogP contribution in [0.4, 0.5) is 11.4 Å². The van der Waals surface area contributed by atoms with Gasteiger partial charge in [-0.05, 0) is 48.3 Å². The second-order valence-corrected chi connectivity index (χ2v) is 4.92. The first kappa shape index (κ1) is 14.4. The van der Waals surface area contributed by atoms with Crippen LogP contribution in [0, 0.1) is 0 Å². The molecule has 2 aromatic rings. The summed E-state index contributed by atoms with van der Waals surface area (Å²) in [6.45, 7) is 0. The lowest BCUT2D eigenvalue weighted by Gasteiger charge is -2.12. The molecule has 0 saturated carbocycles. The molecule has 0 spiro atoms. The highest BCUT2D eigenvalue weighted by atomic mass is 32.2. The van der Waals surface area contributed by atoms with Crippen LogP contribution < -0.4 is 19.5 Å². The van der Waals surface area contributed by atoms with E-state index in [1.165, 1.54) is 11.9 Å². The third-order valence-electron chi connectivity index (χ3n) is 2.83. The number of benzene rings is 2. The Balaban J connectivity index is 2.08. The molecule has 0 aliphatic carbocycles. The average Bonchev–Trinajstić information content (AvgIpc) is 2.53. The van der Waals surface area contributed by atoms with Crippen LogP contribution in [0.15, 0.2) is 47.4 Å². The molecule has 2 N–H and O–H groups in total. The highest BCUT2D eigenvalue weighted by Gasteiger charge is 2.05. The van der Waals surface area contributed by atoms with Crippen molar-refractivity contribution in [2.45, 2.75) is 4.90 Å². The van der Waals surface area contributed by atoms with E-state index in [0.717, 1.165) is 27.8 Å². The van der Waals surface area contributed by atoms with Gasteiger partial charge in [-0.1, -0.05) is 0 Å². The predicted molar refractivity (Wildman–Crippen MR) is 85.0 cm³/mol. The molecule has 0 aromatic heterocycles. The van der Waals surface area contributed by atoms with Gasteiger partial charge in [0.2, 0.25) is 0 Å². The van der Waals surface area contributed by atoms with E-state index < -0.39 is 0 Å². The molecule has 2 rings (SSSR count). The lowest BCUT2D eigenvalue weighted by Crippen LogP contribution is -1.94. The number of rotatable bonds is 6. The summed E-state index contributed by atoms with van der Waals surface area (Å²) in [7, 11) is 5.20. The van der Waals surface area contributed by atoms with E-state index in [-0.39, 0.29) is 0 Å². The molecule has 0 atom stereocenters. The summed E-state index contributed by atoms with van der Waals surface area (Å²) in [5.41, 5.74) is 1.97. The molecule has 2 aromatic carbocycles. The van der Waals surface area contributed by atoms with Gasteiger partial charge in [0.05, 0.1) is 19.9 Å². The number of anilines is 2. The third kappa shape index (κ3) is 3.51. The smallest absolute Gasteiger partial charge is 0.143 e. The maximum atomic E-state index is 5.33. The van der Waals surface area contributed by atoms with Crippen molar-refractivity contribution < 1.29 is 9.47 Å². The Morgan fingerprint density at radius 2 is 1.70 bits per heavy atom. The molecule has 0 amide bonds. The van der Waals surface area contributed by atoms with Crippen molar-refractivity contribution in [1.29, 1.82) is 0 Å². The Hall–Kier alpha value is -2.01. The highest BCUT2D eigenvalue weighted by molar-refractivity contribution is 8.00. The van der Waals surface area contributed by atoms with E-state index in [1.54, 1.807) is 14.2 Å². The summed E-state index contributed by atoms with van der Waals surface area (Å²) < 4.78 is 13.8. The van der Waals surface area contributed by atoms with Crippen molar-refractivity contribution in [3.05, 3.63) is 42.5 Å². The van der Waals surface area contributed by atoms with Crippen LogP contribution in [0.5, 0.6) is 11.5 Å². The highest BCUT2D eigenvalue weighted by Crippen LogP contribution is 2.32. The maximum absolute atomic E-state index is 5.33. The summed E-state index contributed by atoms with van der Waals surface area (Å²) in [6.07, 6.45) is 0. The first-order chi connectivity index (χ1) is 9.76. The first-order valence-electron chi connectivity index (χ1n) is 6.19. The minimum absolute atomic E-state index is 0.783. The molecule has 5 heteroatoms. The average molecular weight is 290 g/mol. The molecule has 0 aliphatic heterocycles. The van der Waals surface area contributed by atoms with Gasteiger partial charge in [-0.25, -0.2) is 0 Å². The quantitative estimate of drug-likeness (QED) is 0.791. The molecule has 4 nitrogen and oxygen atoms in total. The lowest BCUT2D eigenvalue weighted by atomic mass is 10.3. The third-order valence-corrected chi connectivity index (χ3v) is 3.66. The van der Waals surface area contributed by atoms with Gasteiger partial charge in [0.25, 0.3) is 0 Å². The van der Waals surface area contributed by atoms with Crippen molar-refractivity contribution >= 4 is 23.3 Å². The van der Waals surface area contributed by atoms with Crippen LogP contribution in [-0.2, 0) is 0 Å². The van der Waals surface area contributed by atoms with Crippen LogP contribution >= 0.6 is 11.9 Å². The number of ether oxygens (including phenoxy) is 2. The molecule has 0 saturated heterocycles. The normalized spacial score (nSPS) is 9.95. The Kier molecular flexibility index (Phi) is 5.01. The van der Waals surface area contributed by atoms with Crippen molar-refractivity contribution in [2.75, 3.05) is 31.3 Å². The van der Waals surface area contributed by atoms with E-state index in [9.17, 15) is 0 Å². The zero-order chi connectivity index (χ0) is 14.4. The van der Waals surface area contributed by atoms with E-state index >= 15 is 0 Å². The molecular formula is C15H18N2O2S. The van der Waals surface area contributed by atoms with E-state index in [4.69, 9.17) is 9.47 Å². The first-order valence-corrected chi connectivity index (χ1v) is 7.01. The molecule has 20 heavy (non-hydrogen) atoms. The zero-order valence-electron chi connectivity index (χ0n) is 11.8. The van der Waals surface area contributed by atoms with Gasteiger partial charge >= 0.3 is 0 Å². The van der Waals surface area contributed by atoms with Gasteiger partial charge in [0.15, 0.2) is 0 Å².